The molecule has 0 bridgehead atoms. The molecule has 3 rings (SSSR count). The smallest absolute Gasteiger partial charge is 0.405 e. The van der Waals surface area contributed by atoms with Crippen LogP contribution in [-0.4, -0.2) is 66.2 Å². The number of urea groups is 1. The molecule has 1 aliphatic heterocycles. The van der Waals surface area contributed by atoms with Gasteiger partial charge in [0.2, 0.25) is 0 Å². The molecule has 2 heterocycles. The molecule has 0 atom stereocenters. The van der Waals surface area contributed by atoms with Crippen LogP contribution in [0.15, 0.2) is 18.2 Å². The molecule has 1 fully saturated rings. The number of amides is 3. The first-order chi connectivity index (χ1) is 17.1. The predicted octanol–water partition coefficient (Wildman–Crippen LogP) is 3.20. The molecule has 38 heavy (non-hydrogen) atoms. The molecular weight excluding hydrogens is 551 g/mol. The number of anilines is 2. The number of nitrogens with one attached hydrogen (secondary N) is 1. The van der Waals surface area contributed by atoms with Crippen LogP contribution in [0.3, 0.4) is 0 Å². The van der Waals surface area contributed by atoms with E-state index >= 15 is 0 Å². The van der Waals surface area contributed by atoms with Crippen LogP contribution in [-0.2, 0) is 12.4 Å². The quantitative estimate of drug-likeness (QED) is 0.357. The summed E-state index contributed by atoms with van der Waals surface area (Å²) in [6, 6.07) is -1.34. The van der Waals surface area contributed by atoms with Crippen LogP contribution in [0.5, 0.6) is 5.75 Å². The molecular formula is C18H7B4ClF8N4O3. The van der Waals surface area contributed by atoms with Gasteiger partial charge >= 0.3 is 24.5 Å². The zero-order chi connectivity index (χ0) is 29.2. The van der Waals surface area contributed by atoms with Crippen molar-refractivity contribution in [2.24, 2.45) is 0 Å². The molecule has 20 heteroatoms. The molecule has 2 aromatic rings. The van der Waals surface area contributed by atoms with Crippen LogP contribution in [0.1, 0.15) is 11.3 Å². The molecule has 0 spiro atoms. The summed E-state index contributed by atoms with van der Waals surface area (Å²) < 4.78 is 114. The van der Waals surface area contributed by atoms with Gasteiger partial charge in [-0.25, -0.2) is 23.4 Å². The number of alkyl halides is 6. The Kier molecular flexibility index (Phi) is 7.19. The predicted molar refractivity (Wildman–Crippen MR) is 120 cm³/mol. The van der Waals surface area contributed by atoms with Crippen molar-refractivity contribution in [3.05, 3.63) is 46.1 Å². The molecule has 0 saturated carbocycles. The van der Waals surface area contributed by atoms with E-state index in [1.165, 1.54) is 0 Å². The van der Waals surface area contributed by atoms with E-state index in [1.54, 1.807) is 5.32 Å². The van der Waals surface area contributed by atoms with Crippen molar-refractivity contribution in [2.45, 2.75) is 23.0 Å². The third-order valence-corrected chi connectivity index (χ3v) is 5.42. The summed E-state index contributed by atoms with van der Waals surface area (Å²) in [4.78, 5) is 28.2. The van der Waals surface area contributed by atoms with E-state index in [0.717, 1.165) is 7.05 Å². The minimum absolute atomic E-state index is 0.185. The topological polar surface area (TPSA) is 74.8 Å². The van der Waals surface area contributed by atoms with E-state index in [2.05, 4.69) is 9.72 Å². The molecule has 1 aliphatic rings. The first kappa shape index (κ1) is 29.5. The third kappa shape index (κ3) is 5.12. The number of carbonyl (C=O) groups is 2. The van der Waals surface area contributed by atoms with Crippen molar-refractivity contribution in [3.63, 3.8) is 0 Å². The van der Waals surface area contributed by atoms with Gasteiger partial charge in [0.25, 0.3) is 0 Å². The Labute approximate surface area is 218 Å². The molecule has 1 aromatic carbocycles. The lowest BCUT2D eigenvalue weighted by Gasteiger charge is -2.41. The lowest BCUT2D eigenvalue weighted by Crippen LogP contribution is -2.63. The maximum absolute atomic E-state index is 14.2. The summed E-state index contributed by atoms with van der Waals surface area (Å²) in [5, 5.41) is -4.57. The van der Waals surface area contributed by atoms with Gasteiger partial charge in [-0.2, -0.15) is 26.3 Å². The molecule has 0 aliphatic carbocycles. The van der Waals surface area contributed by atoms with Gasteiger partial charge in [0, 0.05) is 13.1 Å². The second-order valence-electron chi connectivity index (χ2n) is 7.81. The van der Waals surface area contributed by atoms with Crippen molar-refractivity contribution in [3.8, 4) is 5.75 Å². The van der Waals surface area contributed by atoms with Crippen LogP contribution < -0.4 is 19.9 Å². The van der Waals surface area contributed by atoms with E-state index in [0.29, 0.717) is 6.07 Å². The van der Waals surface area contributed by atoms with Gasteiger partial charge in [0.05, 0.1) is 42.1 Å². The third-order valence-electron chi connectivity index (χ3n) is 5.13. The van der Waals surface area contributed by atoms with Gasteiger partial charge in [-0.05, 0) is 22.8 Å². The van der Waals surface area contributed by atoms with E-state index in [4.69, 9.17) is 43.0 Å². The number of aromatic nitrogens is 1. The summed E-state index contributed by atoms with van der Waals surface area (Å²) in [7, 11) is 23.1. The van der Waals surface area contributed by atoms with Crippen LogP contribution in [0, 0.1) is 11.6 Å². The minimum atomic E-state index is -5.68. The number of ether oxygens (including phenoxy) is 1. The number of nitrogens with zero attached hydrogens (tertiary/aromatic N) is 3. The lowest BCUT2D eigenvalue weighted by molar-refractivity contribution is -0.145. The van der Waals surface area contributed by atoms with E-state index in [-0.39, 0.29) is 15.9 Å². The molecule has 192 valence electrons. The molecule has 1 N–H and O–H groups in total. The molecule has 1 aromatic heterocycles. The van der Waals surface area contributed by atoms with Crippen molar-refractivity contribution in [1.29, 1.82) is 0 Å². The summed E-state index contributed by atoms with van der Waals surface area (Å²) in [6.45, 7) is 0. The van der Waals surface area contributed by atoms with Crippen LogP contribution in [0.25, 0.3) is 0 Å². The highest BCUT2D eigenvalue weighted by Gasteiger charge is 2.53. The first-order valence-corrected chi connectivity index (χ1v) is 10.0. The highest BCUT2D eigenvalue weighted by molar-refractivity contribution is 6.58. The van der Waals surface area contributed by atoms with Gasteiger partial charge < -0.3 is 10.1 Å². The SMILES string of the molecule is [B]C1([B])NC(=O)N(c2nc(C(F)(F)F)cc(C(F)(F)F)c2OC(=O)N(C)c2cc(Cl)c(F)cc2F)C1([B])[B]. The van der Waals surface area contributed by atoms with Crippen LogP contribution >= 0.6 is 11.6 Å². The normalized spacial score (nSPS) is 16.8. The van der Waals surface area contributed by atoms with Crippen molar-refractivity contribution in [1.82, 2.24) is 10.3 Å². The fraction of sp³-hybridized carbons (Fsp3) is 0.278. The zero-order valence-electron chi connectivity index (χ0n) is 18.5. The highest BCUT2D eigenvalue weighted by Crippen LogP contribution is 2.46. The van der Waals surface area contributed by atoms with E-state index < -0.39 is 86.4 Å². The maximum atomic E-state index is 14.2. The maximum Gasteiger partial charge on any atom is 0.433 e. The number of hydrogen-bond donors (Lipinski definition) is 1. The lowest BCUT2D eigenvalue weighted by atomic mass is 9.38. The Morgan fingerprint density at radius 3 is 2.11 bits per heavy atom. The Balaban J connectivity index is 2.27. The number of pyridine rings is 1. The fourth-order valence-electron chi connectivity index (χ4n) is 3.11. The monoisotopic (exact) mass is 558 g/mol. The molecule has 0 unspecified atom stereocenters. The summed E-state index contributed by atoms with van der Waals surface area (Å²) in [6.07, 6.45) is -13.1. The number of carbonyl (C=O) groups excluding carboxylic acids is 2. The Morgan fingerprint density at radius 1 is 1.05 bits per heavy atom. The summed E-state index contributed by atoms with van der Waals surface area (Å²) in [5.41, 5.74) is -5.30. The number of hydrogen-bond acceptors (Lipinski definition) is 4. The largest absolute Gasteiger partial charge is 0.433 e. The van der Waals surface area contributed by atoms with Crippen LogP contribution in [0.2, 0.25) is 5.02 Å². The second kappa shape index (κ2) is 9.27. The van der Waals surface area contributed by atoms with E-state index in [1.807, 2.05) is 0 Å². The Morgan fingerprint density at radius 2 is 1.63 bits per heavy atom. The van der Waals surface area contributed by atoms with Gasteiger partial charge in [0.1, 0.15) is 22.9 Å². The van der Waals surface area contributed by atoms with Crippen molar-refractivity contribution >= 4 is 66.6 Å². The second-order valence-corrected chi connectivity index (χ2v) is 8.22. The highest BCUT2D eigenvalue weighted by atomic mass is 35.5. The van der Waals surface area contributed by atoms with Crippen molar-refractivity contribution in [2.75, 3.05) is 16.8 Å². The fourth-order valence-corrected chi connectivity index (χ4v) is 3.27. The van der Waals surface area contributed by atoms with Gasteiger partial charge in [0.15, 0.2) is 11.6 Å². The van der Waals surface area contributed by atoms with Gasteiger partial charge in [-0.3, -0.25) is 9.80 Å². The number of benzene rings is 1. The average molecular weight is 558 g/mol. The van der Waals surface area contributed by atoms with Crippen molar-refractivity contribution < 1.29 is 49.4 Å². The van der Waals surface area contributed by atoms with E-state index in [9.17, 15) is 44.7 Å². The standard InChI is InChI=1S/C18H7B4ClF8N4O3/c1-34(9-3-6(23)7(24)4-8(9)25)14(37)38-11-5(15(26,27)28)2-10(16(29,30)31)32-12(11)35-13(36)33-17(19,20)18(35,21)22/h2-4H,1H3,(H,33,36). The molecule has 8 radical (unpaired) electrons. The number of halogens is 9. The first-order valence-electron chi connectivity index (χ1n) is 9.67. The molecule has 3 amide bonds. The van der Waals surface area contributed by atoms with Gasteiger partial charge in [-0.15, -0.1) is 0 Å². The van der Waals surface area contributed by atoms with Gasteiger partial charge in [-0.1, -0.05) is 11.6 Å². The minimum Gasteiger partial charge on any atom is -0.405 e. The zero-order valence-corrected chi connectivity index (χ0v) is 19.3. The van der Waals surface area contributed by atoms with Crippen LogP contribution in [0.4, 0.5) is 56.2 Å². The average Bonchev–Trinajstić information content (AvgIpc) is 2.90. The Hall–Kier alpha value is -3.10. The molecule has 1 saturated heterocycles. The summed E-state index contributed by atoms with van der Waals surface area (Å²) in [5.74, 6) is -6.17. The molecule has 7 nitrogen and oxygen atoms in total. The Bertz CT molecular complexity index is 1330. The summed E-state index contributed by atoms with van der Waals surface area (Å²) >= 11 is 5.54. The number of rotatable bonds is 3.